The molecular weight excluding hydrogens is 367 g/mol. The van der Waals surface area contributed by atoms with E-state index in [9.17, 15) is 13.2 Å². The second kappa shape index (κ2) is 7.08. The highest BCUT2D eigenvalue weighted by molar-refractivity contribution is 6.31. The van der Waals surface area contributed by atoms with Crippen LogP contribution in [0, 0.1) is 0 Å². The van der Waals surface area contributed by atoms with Gasteiger partial charge in [-0.25, -0.2) is 10.0 Å². The molecule has 9 heteroatoms. The van der Waals surface area contributed by atoms with Crippen molar-refractivity contribution in [2.24, 2.45) is 10.1 Å². The van der Waals surface area contributed by atoms with Gasteiger partial charge in [-0.2, -0.15) is 18.3 Å². The van der Waals surface area contributed by atoms with Crippen LogP contribution >= 0.6 is 11.6 Å². The fourth-order valence-electron chi connectivity index (χ4n) is 3.12. The van der Waals surface area contributed by atoms with Crippen LogP contribution in [0.5, 0.6) is 0 Å². The summed E-state index contributed by atoms with van der Waals surface area (Å²) in [6.45, 7) is 8.65. The maximum atomic E-state index is 13.2. The third-order valence-corrected chi connectivity index (χ3v) is 4.68. The summed E-state index contributed by atoms with van der Waals surface area (Å²) in [5, 5.41) is 9.28. The van der Waals surface area contributed by atoms with Crippen molar-refractivity contribution < 1.29 is 13.2 Å². The summed E-state index contributed by atoms with van der Waals surface area (Å²) in [5.41, 5.74) is 0.896. The summed E-state index contributed by atoms with van der Waals surface area (Å²) in [4.78, 5) is 6.59. The van der Waals surface area contributed by atoms with Crippen LogP contribution in [0.15, 0.2) is 22.2 Å². The van der Waals surface area contributed by atoms with Crippen molar-refractivity contribution in [1.82, 2.24) is 15.2 Å². The van der Waals surface area contributed by atoms with Crippen molar-refractivity contribution in [3.05, 3.63) is 28.3 Å². The van der Waals surface area contributed by atoms with Crippen LogP contribution in [0.3, 0.4) is 0 Å². The van der Waals surface area contributed by atoms with Gasteiger partial charge >= 0.3 is 6.18 Å². The standard InChI is InChI=1S/C17H21ClF3N5/c1-10(2)24-26-11(3)12-8-14(18)13(17(19,20)21)9-15(12)23-16(26)25-6-4-22-5-7-25/h8-9,11,22H,4-7H2,1-3H3. The monoisotopic (exact) mass is 387 g/mol. The Morgan fingerprint density at radius 2 is 1.92 bits per heavy atom. The van der Waals surface area contributed by atoms with Crippen LogP contribution in [0.4, 0.5) is 18.9 Å². The summed E-state index contributed by atoms with van der Waals surface area (Å²) in [6.07, 6.45) is -4.52. The van der Waals surface area contributed by atoms with E-state index in [-0.39, 0.29) is 11.1 Å². The van der Waals surface area contributed by atoms with E-state index in [1.165, 1.54) is 6.07 Å². The minimum atomic E-state index is -4.52. The molecule has 0 amide bonds. The van der Waals surface area contributed by atoms with Gasteiger partial charge in [0.15, 0.2) is 0 Å². The zero-order chi connectivity index (χ0) is 19.1. The van der Waals surface area contributed by atoms with E-state index in [0.29, 0.717) is 17.2 Å². The van der Waals surface area contributed by atoms with Gasteiger partial charge in [0, 0.05) is 37.5 Å². The molecule has 26 heavy (non-hydrogen) atoms. The zero-order valence-electron chi connectivity index (χ0n) is 14.9. The molecule has 1 fully saturated rings. The lowest BCUT2D eigenvalue weighted by Crippen LogP contribution is -2.52. The number of halogens is 4. The summed E-state index contributed by atoms with van der Waals surface area (Å²) in [7, 11) is 0. The van der Waals surface area contributed by atoms with Crippen molar-refractivity contribution in [3.8, 4) is 0 Å². The van der Waals surface area contributed by atoms with Crippen molar-refractivity contribution in [2.45, 2.75) is 33.0 Å². The molecule has 1 saturated heterocycles. The molecule has 3 rings (SSSR count). The molecule has 0 aromatic heterocycles. The Balaban J connectivity index is 2.13. The van der Waals surface area contributed by atoms with Crippen molar-refractivity contribution in [3.63, 3.8) is 0 Å². The highest BCUT2D eigenvalue weighted by atomic mass is 35.5. The minimum Gasteiger partial charge on any atom is -0.338 e. The second-order valence-corrected chi connectivity index (χ2v) is 7.01. The number of benzene rings is 1. The van der Waals surface area contributed by atoms with Crippen LogP contribution < -0.4 is 5.32 Å². The maximum absolute atomic E-state index is 13.2. The first-order chi connectivity index (χ1) is 12.2. The first-order valence-corrected chi connectivity index (χ1v) is 8.82. The first kappa shape index (κ1) is 19.0. The Hall–Kier alpha value is -1.80. The molecule has 0 radical (unpaired) electrons. The largest absolute Gasteiger partial charge is 0.417 e. The lowest BCUT2D eigenvalue weighted by molar-refractivity contribution is -0.137. The lowest BCUT2D eigenvalue weighted by Gasteiger charge is -2.40. The van der Waals surface area contributed by atoms with Crippen LogP contribution in [0.25, 0.3) is 0 Å². The number of hydrazone groups is 1. The van der Waals surface area contributed by atoms with E-state index in [1.54, 1.807) is 5.01 Å². The van der Waals surface area contributed by atoms with Gasteiger partial charge in [-0.3, -0.25) is 0 Å². The number of fused-ring (bicyclic) bond motifs is 1. The zero-order valence-corrected chi connectivity index (χ0v) is 15.6. The highest BCUT2D eigenvalue weighted by Gasteiger charge is 2.37. The lowest BCUT2D eigenvalue weighted by atomic mass is 10.0. The van der Waals surface area contributed by atoms with E-state index in [1.807, 2.05) is 25.7 Å². The van der Waals surface area contributed by atoms with Crippen molar-refractivity contribution >= 4 is 29.0 Å². The summed E-state index contributed by atoms with van der Waals surface area (Å²) < 4.78 is 39.7. The first-order valence-electron chi connectivity index (χ1n) is 8.44. The number of alkyl halides is 3. The van der Waals surface area contributed by atoms with Gasteiger partial charge in [0.1, 0.15) is 0 Å². The van der Waals surface area contributed by atoms with Crippen LogP contribution in [-0.4, -0.2) is 47.8 Å². The molecule has 1 aromatic carbocycles. The number of rotatable bonds is 1. The van der Waals surface area contributed by atoms with Crippen molar-refractivity contribution in [1.29, 1.82) is 0 Å². The fraction of sp³-hybridized carbons (Fsp3) is 0.529. The quantitative estimate of drug-likeness (QED) is 0.740. The molecule has 0 bridgehead atoms. The molecule has 2 aliphatic heterocycles. The molecule has 1 atom stereocenters. The van der Waals surface area contributed by atoms with E-state index in [0.717, 1.165) is 38.0 Å². The Labute approximate surface area is 155 Å². The molecule has 0 saturated carbocycles. The molecule has 2 aliphatic rings. The van der Waals surface area contributed by atoms with Gasteiger partial charge in [0.05, 0.1) is 22.3 Å². The SMILES string of the molecule is CC(C)=NN1C(N2CCNCC2)=Nc2cc(C(F)(F)F)c(Cl)cc2C1C. The summed E-state index contributed by atoms with van der Waals surface area (Å²) in [5.74, 6) is 0.572. The smallest absolute Gasteiger partial charge is 0.338 e. The molecule has 2 heterocycles. The Kier molecular flexibility index (Phi) is 5.16. The van der Waals surface area contributed by atoms with Gasteiger partial charge in [-0.15, -0.1) is 0 Å². The third-order valence-electron chi connectivity index (χ3n) is 4.37. The minimum absolute atomic E-state index is 0.276. The van der Waals surface area contributed by atoms with E-state index in [2.05, 4.69) is 15.4 Å². The van der Waals surface area contributed by atoms with Gasteiger partial charge in [0.25, 0.3) is 0 Å². The molecule has 142 valence electrons. The van der Waals surface area contributed by atoms with E-state index in [4.69, 9.17) is 11.6 Å². The maximum Gasteiger partial charge on any atom is 0.417 e. The number of guanidine groups is 1. The summed E-state index contributed by atoms with van der Waals surface area (Å²) >= 11 is 5.91. The van der Waals surface area contributed by atoms with Gasteiger partial charge < -0.3 is 10.2 Å². The average Bonchev–Trinajstić information content (AvgIpc) is 2.57. The summed E-state index contributed by atoms with van der Waals surface area (Å²) in [6, 6.07) is 2.12. The number of nitrogens with zero attached hydrogens (tertiary/aromatic N) is 4. The normalized spacial score (nSPS) is 20.6. The Bertz CT molecular complexity index is 750. The van der Waals surface area contributed by atoms with E-state index < -0.39 is 11.7 Å². The van der Waals surface area contributed by atoms with Crippen molar-refractivity contribution in [2.75, 3.05) is 26.2 Å². The third kappa shape index (κ3) is 3.66. The number of piperazine rings is 1. The number of aliphatic imine (C=N–C) groups is 1. The Morgan fingerprint density at radius 1 is 1.27 bits per heavy atom. The molecule has 1 N–H and O–H groups in total. The highest BCUT2D eigenvalue weighted by Crippen LogP contribution is 2.43. The van der Waals surface area contributed by atoms with Gasteiger partial charge in [-0.05, 0) is 32.9 Å². The molecular formula is C17H21ClF3N5. The predicted octanol–water partition coefficient (Wildman–Crippen LogP) is 4.02. The Morgan fingerprint density at radius 3 is 2.50 bits per heavy atom. The second-order valence-electron chi connectivity index (χ2n) is 6.61. The number of nitrogens with one attached hydrogen (secondary N) is 1. The fourth-order valence-corrected chi connectivity index (χ4v) is 3.40. The molecule has 5 nitrogen and oxygen atoms in total. The van der Waals surface area contributed by atoms with Gasteiger partial charge in [-0.1, -0.05) is 11.6 Å². The van der Waals surface area contributed by atoms with Crippen LogP contribution in [-0.2, 0) is 6.18 Å². The van der Waals surface area contributed by atoms with Gasteiger partial charge in [0.2, 0.25) is 5.96 Å². The van der Waals surface area contributed by atoms with Crippen LogP contribution in [0.1, 0.15) is 37.9 Å². The molecule has 0 aliphatic carbocycles. The molecule has 1 aromatic rings. The number of hydrogen-bond donors (Lipinski definition) is 1. The molecule has 0 spiro atoms. The topological polar surface area (TPSA) is 43.2 Å². The molecule has 1 unspecified atom stereocenters. The average molecular weight is 388 g/mol. The van der Waals surface area contributed by atoms with E-state index >= 15 is 0 Å². The number of hydrogen-bond acceptors (Lipinski definition) is 5. The predicted molar refractivity (Wildman–Crippen MR) is 97.0 cm³/mol. The van der Waals surface area contributed by atoms with Crippen LogP contribution in [0.2, 0.25) is 5.02 Å².